The van der Waals surface area contributed by atoms with Gasteiger partial charge < -0.3 is 14.4 Å². The van der Waals surface area contributed by atoms with Crippen molar-refractivity contribution in [2.45, 2.75) is 33.0 Å². The minimum Gasteiger partial charge on any atom is -0.497 e. The standard InChI is InChI=1S/C24H26N2O3/c1-15-5-10-22-20(11-15)21(24(27)26-13-16(2)29-17(3)14-26)12-23(25-22)18-6-8-19(28-4)9-7-18/h5-12,16-17H,13-14H2,1-4H3/t16-,17-/m1/s1. The number of benzene rings is 2. The van der Waals surface area contributed by atoms with Crippen molar-refractivity contribution >= 4 is 16.8 Å². The molecule has 2 aromatic carbocycles. The average molecular weight is 390 g/mol. The van der Waals surface area contributed by atoms with Crippen molar-refractivity contribution in [1.29, 1.82) is 0 Å². The smallest absolute Gasteiger partial charge is 0.254 e. The molecule has 1 saturated heterocycles. The van der Waals surface area contributed by atoms with Gasteiger partial charge in [0.25, 0.3) is 5.91 Å². The number of nitrogens with zero attached hydrogens (tertiary/aromatic N) is 2. The van der Waals surface area contributed by atoms with Gasteiger partial charge in [0.1, 0.15) is 5.75 Å². The van der Waals surface area contributed by atoms with Gasteiger partial charge >= 0.3 is 0 Å². The summed E-state index contributed by atoms with van der Waals surface area (Å²) < 4.78 is 11.1. The van der Waals surface area contributed by atoms with E-state index >= 15 is 0 Å². The predicted molar refractivity (Wildman–Crippen MR) is 114 cm³/mol. The highest BCUT2D eigenvalue weighted by Gasteiger charge is 2.28. The Labute approximate surface area is 171 Å². The van der Waals surface area contributed by atoms with Crippen molar-refractivity contribution in [2.24, 2.45) is 0 Å². The van der Waals surface area contributed by atoms with Crippen molar-refractivity contribution in [3.8, 4) is 17.0 Å². The predicted octanol–water partition coefficient (Wildman–Crippen LogP) is 4.47. The molecule has 29 heavy (non-hydrogen) atoms. The molecule has 0 bridgehead atoms. The van der Waals surface area contributed by atoms with Crippen LogP contribution < -0.4 is 4.74 Å². The Morgan fingerprint density at radius 3 is 2.41 bits per heavy atom. The van der Waals surface area contributed by atoms with Crippen LogP contribution in [0.4, 0.5) is 0 Å². The summed E-state index contributed by atoms with van der Waals surface area (Å²) in [6.07, 6.45) is 0.0530. The number of amides is 1. The summed E-state index contributed by atoms with van der Waals surface area (Å²) in [6, 6.07) is 15.7. The first-order valence-corrected chi connectivity index (χ1v) is 9.95. The fourth-order valence-electron chi connectivity index (χ4n) is 3.94. The summed E-state index contributed by atoms with van der Waals surface area (Å²) in [5, 5.41) is 0.888. The maximum atomic E-state index is 13.5. The molecule has 3 aromatic rings. The molecular formula is C24H26N2O3. The molecule has 1 aromatic heterocycles. The summed E-state index contributed by atoms with van der Waals surface area (Å²) in [4.78, 5) is 20.2. The van der Waals surface area contributed by atoms with E-state index in [1.54, 1.807) is 7.11 Å². The van der Waals surface area contributed by atoms with Crippen molar-refractivity contribution in [3.05, 3.63) is 59.7 Å². The topological polar surface area (TPSA) is 51.7 Å². The van der Waals surface area contributed by atoms with Gasteiger partial charge in [-0.3, -0.25) is 4.79 Å². The van der Waals surface area contributed by atoms with E-state index in [2.05, 4.69) is 0 Å². The molecular weight excluding hydrogens is 364 g/mol. The van der Waals surface area contributed by atoms with Gasteiger partial charge in [-0.15, -0.1) is 0 Å². The van der Waals surface area contributed by atoms with Gasteiger partial charge in [0.15, 0.2) is 0 Å². The molecule has 150 valence electrons. The highest BCUT2D eigenvalue weighted by molar-refractivity contribution is 6.07. The molecule has 2 atom stereocenters. The minimum absolute atomic E-state index is 0.0265. The second-order valence-electron chi connectivity index (χ2n) is 7.77. The first-order chi connectivity index (χ1) is 13.9. The number of hydrogen-bond acceptors (Lipinski definition) is 4. The summed E-state index contributed by atoms with van der Waals surface area (Å²) in [7, 11) is 1.65. The number of hydrogen-bond donors (Lipinski definition) is 0. The Hall–Kier alpha value is -2.92. The summed E-state index contributed by atoms with van der Waals surface area (Å²) in [5.74, 6) is 0.817. The monoisotopic (exact) mass is 390 g/mol. The number of ether oxygens (including phenoxy) is 2. The first-order valence-electron chi connectivity index (χ1n) is 9.95. The van der Waals surface area contributed by atoms with Crippen LogP contribution >= 0.6 is 0 Å². The van der Waals surface area contributed by atoms with Gasteiger partial charge in [0, 0.05) is 24.0 Å². The van der Waals surface area contributed by atoms with E-state index in [-0.39, 0.29) is 18.1 Å². The van der Waals surface area contributed by atoms with Crippen LogP contribution in [0.25, 0.3) is 22.2 Å². The Balaban J connectivity index is 1.82. The van der Waals surface area contributed by atoms with Gasteiger partial charge in [0.05, 0.1) is 36.1 Å². The van der Waals surface area contributed by atoms with Gasteiger partial charge in [-0.1, -0.05) is 11.6 Å². The molecule has 0 spiro atoms. The number of morpholine rings is 1. The third-order valence-electron chi connectivity index (χ3n) is 5.29. The maximum absolute atomic E-state index is 13.5. The zero-order valence-corrected chi connectivity index (χ0v) is 17.3. The molecule has 0 saturated carbocycles. The van der Waals surface area contributed by atoms with Crippen LogP contribution in [0.2, 0.25) is 0 Å². The largest absolute Gasteiger partial charge is 0.497 e. The van der Waals surface area contributed by atoms with Gasteiger partial charge in [-0.05, 0) is 63.2 Å². The highest BCUT2D eigenvalue weighted by atomic mass is 16.5. The van der Waals surface area contributed by atoms with Crippen molar-refractivity contribution < 1.29 is 14.3 Å². The number of aryl methyl sites for hydroxylation is 1. The summed E-state index contributed by atoms with van der Waals surface area (Å²) >= 11 is 0. The van der Waals surface area contributed by atoms with E-state index in [0.717, 1.165) is 33.5 Å². The second-order valence-corrected chi connectivity index (χ2v) is 7.77. The lowest BCUT2D eigenvalue weighted by molar-refractivity contribution is -0.0585. The first kappa shape index (κ1) is 19.4. The van der Waals surface area contributed by atoms with Crippen LogP contribution in [-0.2, 0) is 4.74 Å². The van der Waals surface area contributed by atoms with Crippen LogP contribution in [0, 0.1) is 6.92 Å². The Morgan fingerprint density at radius 2 is 1.76 bits per heavy atom. The zero-order chi connectivity index (χ0) is 20.5. The van der Waals surface area contributed by atoms with E-state index in [1.807, 2.05) is 74.2 Å². The Bertz CT molecular complexity index is 1040. The number of fused-ring (bicyclic) bond motifs is 1. The molecule has 1 aliphatic rings. The minimum atomic E-state index is 0.0265. The average Bonchev–Trinajstić information content (AvgIpc) is 2.72. The number of pyridine rings is 1. The number of aromatic nitrogens is 1. The Morgan fingerprint density at radius 1 is 1.07 bits per heavy atom. The molecule has 1 aliphatic heterocycles. The fraction of sp³-hybridized carbons (Fsp3) is 0.333. The molecule has 4 rings (SSSR count). The highest BCUT2D eigenvalue weighted by Crippen LogP contribution is 2.28. The third-order valence-corrected chi connectivity index (χ3v) is 5.29. The van der Waals surface area contributed by atoms with Crippen LogP contribution in [0.1, 0.15) is 29.8 Å². The van der Waals surface area contributed by atoms with Crippen LogP contribution in [-0.4, -0.2) is 48.2 Å². The molecule has 0 N–H and O–H groups in total. The Kier molecular flexibility index (Phi) is 5.24. The second kappa shape index (κ2) is 7.84. The van der Waals surface area contributed by atoms with Crippen LogP contribution in [0.15, 0.2) is 48.5 Å². The number of rotatable bonds is 3. The molecule has 5 heteroatoms. The van der Waals surface area contributed by atoms with E-state index < -0.39 is 0 Å². The number of carbonyl (C=O) groups is 1. The molecule has 5 nitrogen and oxygen atoms in total. The van der Waals surface area contributed by atoms with Crippen LogP contribution in [0.5, 0.6) is 5.75 Å². The summed E-state index contributed by atoms with van der Waals surface area (Å²) in [6.45, 7) is 7.23. The lowest BCUT2D eigenvalue weighted by atomic mass is 10.0. The third kappa shape index (κ3) is 3.96. The summed E-state index contributed by atoms with van der Waals surface area (Å²) in [5.41, 5.74) is 4.34. The lowest BCUT2D eigenvalue weighted by Gasteiger charge is -2.35. The number of methoxy groups -OCH3 is 1. The number of carbonyl (C=O) groups excluding carboxylic acids is 1. The normalized spacial score (nSPS) is 19.4. The quantitative estimate of drug-likeness (QED) is 0.662. The molecule has 1 fully saturated rings. The van der Waals surface area contributed by atoms with E-state index in [9.17, 15) is 4.79 Å². The SMILES string of the molecule is COc1ccc(-c2cc(C(=O)N3C[C@@H](C)O[C@H](C)C3)c3cc(C)ccc3n2)cc1. The van der Waals surface area contributed by atoms with Crippen molar-refractivity contribution in [1.82, 2.24) is 9.88 Å². The van der Waals surface area contributed by atoms with E-state index in [0.29, 0.717) is 18.7 Å². The van der Waals surface area contributed by atoms with Gasteiger partial charge in [-0.2, -0.15) is 0 Å². The molecule has 2 heterocycles. The maximum Gasteiger partial charge on any atom is 0.254 e. The van der Waals surface area contributed by atoms with Crippen LogP contribution in [0.3, 0.4) is 0 Å². The van der Waals surface area contributed by atoms with E-state index in [4.69, 9.17) is 14.5 Å². The lowest BCUT2D eigenvalue weighted by Crippen LogP contribution is -2.48. The van der Waals surface area contributed by atoms with Crippen molar-refractivity contribution in [2.75, 3.05) is 20.2 Å². The molecule has 0 radical (unpaired) electrons. The molecule has 1 amide bonds. The van der Waals surface area contributed by atoms with Crippen molar-refractivity contribution in [3.63, 3.8) is 0 Å². The molecule has 0 aliphatic carbocycles. The molecule has 0 unspecified atom stereocenters. The van der Waals surface area contributed by atoms with E-state index in [1.165, 1.54) is 0 Å². The van der Waals surface area contributed by atoms with Gasteiger partial charge in [0.2, 0.25) is 0 Å². The fourth-order valence-corrected chi connectivity index (χ4v) is 3.94. The van der Waals surface area contributed by atoms with Gasteiger partial charge in [-0.25, -0.2) is 4.98 Å². The zero-order valence-electron chi connectivity index (χ0n) is 17.3.